The second-order valence-corrected chi connectivity index (χ2v) is 8.86. The number of nitrogens with two attached hydrogens (primary N) is 2. The summed E-state index contributed by atoms with van der Waals surface area (Å²) in [6.45, 7) is 3.52. The summed E-state index contributed by atoms with van der Waals surface area (Å²) in [6.07, 6.45) is 0.357. The fraction of sp³-hybridized carbons (Fsp3) is 0.522. The van der Waals surface area contributed by atoms with Crippen molar-refractivity contribution in [2.24, 2.45) is 17.4 Å². The number of carbonyl (C=O) groups is 5. The lowest BCUT2D eigenvalue weighted by Gasteiger charge is -2.28. The molecular weight excluding hydrogens is 490 g/mol. The predicted octanol–water partition coefficient (Wildman–Crippen LogP) is -0.958. The molecule has 9 N–H and O–H groups in total. The first-order valence-corrected chi connectivity index (χ1v) is 12.1. The highest BCUT2D eigenvalue weighted by Crippen LogP contribution is 2.13. The Labute approximate surface area is 215 Å². The van der Waals surface area contributed by atoms with E-state index in [9.17, 15) is 34.2 Å². The number of hydrogen-bond donors (Lipinski definition) is 8. The van der Waals surface area contributed by atoms with Crippen LogP contribution in [0.3, 0.4) is 0 Å². The number of carboxylic acids is 1. The Morgan fingerprint density at radius 1 is 0.972 bits per heavy atom. The van der Waals surface area contributed by atoms with E-state index in [-0.39, 0.29) is 36.7 Å². The molecule has 0 saturated heterocycles. The molecule has 1 rings (SSSR count). The minimum atomic E-state index is -1.27. The predicted molar refractivity (Wildman–Crippen MR) is 135 cm³/mol. The van der Waals surface area contributed by atoms with Crippen LogP contribution in [0.4, 0.5) is 0 Å². The quantitative estimate of drug-likeness (QED) is 0.133. The van der Waals surface area contributed by atoms with Crippen LogP contribution < -0.4 is 27.4 Å². The van der Waals surface area contributed by atoms with E-state index >= 15 is 0 Å². The Morgan fingerprint density at radius 2 is 1.56 bits per heavy atom. The van der Waals surface area contributed by atoms with Crippen LogP contribution in [0, 0.1) is 5.92 Å². The van der Waals surface area contributed by atoms with E-state index < -0.39 is 53.8 Å². The number of primary amides is 1. The van der Waals surface area contributed by atoms with Crippen LogP contribution in [0.15, 0.2) is 24.3 Å². The third-order valence-electron chi connectivity index (χ3n) is 5.64. The zero-order chi connectivity index (χ0) is 27.4. The molecule has 0 spiro atoms. The van der Waals surface area contributed by atoms with Gasteiger partial charge < -0.3 is 37.6 Å². The Morgan fingerprint density at radius 3 is 2.06 bits per heavy atom. The molecule has 0 aromatic heterocycles. The lowest BCUT2D eigenvalue weighted by atomic mass is 9.96. The molecule has 200 valence electrons. The minimum absolute atomic E-state index is 0.00360. The summed E-state index contributed by atoms with van der Waals surface area (Å²) in [5.41, 5.74) is 11.5. The molecule has 0 aliphatic rings. The third kappa shape index (κ3) is 10.1. The highest BCUT2D eigenvalue weighted by atomic mass is 32.1. The van der Waals surface area contributed by atoms with Gasteiger partial charge in [0.1, 0.15) is 23.9 Å². The molecule has 1 aromatic carbocycles. The van der Waals surface area contributed by atoms with Crippen molar-refractivity contribution >= 4 is 42.2 Å². The number of hydrogen-bond acceptors (Lipinski definition) is 8. The summed E-state index contributed by atoms with van der Waals surface area (Å²) in [5, 5.41) is 26.3. The van der Waals surface area contributed by atoms with Crippen LogP contribution in [-0.2, 0) is 30.4 Å². The van der Waals surface area contributed by atoms with Gasteiger partial charge in [0, 0.05) is 18.6 Å². The van der Waals surface area contributed by atoms with Crippen LogP contribution in [0.25, 0.3) is 0 Å². The molecule has 5 atom stereocenters. The van der Waals surface area contributed by atoms with Crippen LogP contribution >= 0.6 is 12.6 Å². The molecule has 0 heterocycles. The lowest BCUT2D eigenvalue weighted by Crippen LogP contribution is -2.59. The summed E-state index contributed by atoms with van der Waals surface area (Å²) in [7, 11) is 0. The maximum absolute atomic E-state index is 13.3. The Kier molecular flexibility index (Phi) is 12.7. The maximum atomic E-state index is 13.3. The van der Waals surface area contributed by atoms with Crippen molar-refractivity contribution in [3.63, 3.8) is 0 Å². The first-order valence-electron chi connectivity index (χ1n) is 11.5. The van der Waals surface area contributed by atoms with Gasteiger partial charge in [0.15, 0.2) is 0 Å². The van der Waals surface area contributed by atoms with Gasteiger partial charge in [-0.25, -0.2) is 4.79 Å². The van der Waals surface area contributed by atoms with Crippen LogP contribution in [0.1, 0.15) is 38.7 Å². The fourth-order valence-electron chi connectivity index (χ4n) is 3.19. The molecular formula is C23H35N5O7S. The van der Waals surface area contributed by atoms with Gasteiger partial charge in [-0.05, 0) is 30.0 Å². The molecule has 12 nitrogen and oxygen atoms in total. The largest absolute Gasteiger partial charge is 0.508 e. The van der Waals surface area contributed by atoms with E-state index in [1.807, 2.05) is 0 Å². The fourth-order valence-corrected chi connectivity index (χ4v) is 3.43. The zero-order valence-corrected chi connectivity index (χ0v) is 21.2. The van der Waals surface area contributed by atoms with Crippen molar-refractivity contribution in [3.05, 3.63) is 29.8 Å². The summed E-state index contributed by atoms with van der Waals surface area (Å²) in [4.78, 5) is 61.1. The summed E-state index contributed by atoms with van der Waals surface area (Å²) in [6, 6.07) is 1.37. The first kappa shape index (κ1) is 30.7. The van der Waals surface area contributed by atoms with E-state index in [1.165, 1.54) is 12.1 Å². The standard InChI is InChI=1S/C23H35N5O7S/c1-3-12(2)19(22(33)27-17(11-36)23(34)35)28-21(32)16(10-13-4-6-14(29)7-5-13)26-20(31)15(24)8-9-18(25)30/h4-7,12,15-17,19,29,36H,3,8-11,24H2,1-2H3,(H2,25,30)(H,26,31)(H,27,33)(H,28,32)(H,34,35). The lowest BCUT2D eigenvalue weighted by molar-refractivity contribution is -0.142. The number of phenolic OH excluding ortho intramolecular Hbond substituents is 1. The molecule has 36 heavy (non-hydrogen) atoms. The number of rotatable bonds is 15. The van der Waals surface area contributed by atoms with Crippen LogP contribution in [-0.4, -0.2) is 69.7 Å². The normalized spacial score (nSPS) is 15.0. The van der Waals surface area contributed by atoms with Crippen LogP contribution in [0.5, 0.6) is 5.75 Å². The van der Waals surface area contributed by atoms with Crippen molar-refractivity contribution in [1.82, 2.24) is 16.0 Å². The average molecular weight is 526 g/mol. The number of aromatic hydroxyl groups is 1. The summed E-state index contributed by atoms with van der Waals surface area (Å²) in [5.74, 6) is -4.49. The molecule has 1 aromatic rings. The Hall–Kier alpha value is -3.32. The zero-order valence-electron chi connectivity index (χ0n) is 20.3. The van der Waals surface area contributed by atoms with Gasteiger partial charge in [-0.2, -0.15) is 12.6 Å². The number of phenols is 1. The molecule has 5 unspecified atom stereocenters. The van der Waals surface area contributed by atoms with E-state index in [0.717, 1.165) is 0 Å². The number of benzene rings is 1. The van der Waals surface area contributed by atoms with Gasteiger partial charge >= 0.3 is 5.97 Å². The molecule has 4 amide bonds. The summed E-state index contributed by atoms with van der Waals surface area (Å²) < 4.78 is 0. The number of carbonyl (C=O) groups excluding carboxylic acids is 4. The smallest absolute Gasteiger partial charge is 0.327 e. The van der Waals surface area contributed by atoms with E-state index in [0.29, 0.717) is 12.0 Å². The van der Waals surface area contributed by atoms with Gasteiger partial charge in [-0.3, -0.25) is 19.2 Å². The minimum Gasteiger partial charge on any atom is -0.508 e. The number of carboxylic acid groups (broad SMARTS) is 1. The molecule has 0 radical (unpaired) electrons. The second-order valence-electron chi connectivity index (χ2n) is 8.50. The van der Waals surface area contributed by atoms with Gasteiger partial charge in [0.2, 0.25) is 23.6 Å². The van der Waals surface area contributed by atoms with Crippen molar-refractivity contribution in [2.45, 2.75) is 63.7 Å². The SMILES string of the molecule is CCC(C)C(NC(=O)C(Cc1ccc(O)cc1)NC(=O)C(N)CCC(N)=O)C(=O)NC(CS)C(=O)O. The van der Waals surface area contributed by atoms with E-state index in [1.54, 1.807) is 26.0 Å². The maximum Gasteiger partial charge on any atom is 0.327 e. The highest BCUT2D eigenvalue weighted by Gasteiger charge is 2.32. The molecule has 0 saturated carbocycles. The van der Waals surface area contributed by atoms with Gasteiger partial charge in [0.25, 0.3) is 0 Å². The van der Waals surface area contributed by atoms with Crippen molar-refractivity contribution < 1.29 is 34.2 Å². The van der Waals surface area contributed by atoms with E-state index in [2.05, 4.69) is 28.6 Å². The molecule has 13 heteroatoms. The number of nitrogens with one attached hydrogen (secondary N) is 3. The monoisotopic (exact) mass is 525 g/mol. The van der Waals surface area contributed by atoms with Crippen molar-refractivity contribution in [2.75, 3.05) is 5.75 Å². The molecule has 0 fully saturated rings. The van der Waals surface area contributed by atoms with Gasteiger partial charge in [-0.15, -0.1) is 0 Å². The number of thiol groups is 1. The summed E-state index contributed by atoms with van der Waals surface area (Å²) >= 11 is 3.94. The number of amides is 4. The molecule has 0 aliphatic heterocycles. The van der Waals surface area contributed by atoms with Gasteiger partial charge in [0.05, 0.1) is 6.04 Å². The number of aliphatic carboxylic acids is 1. The first-order chi connectivity index (χ1) is 16.9. The average Bonchev–Trinajstić information content (AvgIpc) is 2.83. The van der Waals surface area contributed by atoms with E-state index in [4.69, 9.17) is 11.5 Å². The Balaban J connectivity index is 3.13. The topological polar surface area (TPSA) is 214 Å². The second kappa shape index (κ2) is 14.9. The van der Waals surface area contributed by atoms with Crippen molar-refractivity contribution in [3.8, 4) is 5.75 Å². The van der Waals surface area contributed by atoms with Crippen molar-refractivity contribution in [1.29, 1.82) is 0 Å². The third-order valence-corrected chi connectivity index (χ3v) is 6.00. The van der Waals surface area contributed by atoms with Gasteiger partial charge in [-0.1, -0.05) is 32.4 Å². The molecule has 0 bridgehead atoms. The van der Waals surface area contributed by atoms with Crippen LogP contribution in [0.2, 0.25) is 0 Å². The molecule has 0 aliphatic carbocycles. The Bertz CT molecular complexity index is 928. The highest BCUT2D eigenvalue weighted by molar-refractivity contribution is 7.80.